The van der Waals surface area contributed by atoms with E-state index in [0.717, 1.165) is 6.54 Å². The summed E-state index contributed by atoms with van der Waals surface area (Å²) in [5, 5.41) is 0. The third kappa shape index (κ3) is 3.82. The van der Waals surface area contributed by atoms with Gasteiger partial charge in [-0.3, -0.25) is 0 Å². The average molecular weight is 286 g/mol. The molecule has 0 heterocycles. The molecule has 2 aromatic rings. The Morgan fingerprint density at radius 2 is 1.86 bits per heavy atom. The van der Waals surface area contributed by atoms with Crippen LogP contribution >= 0.6 is 0 Å². The van der Waals surface area contributed by atoms with Gasteiger partial charge in [-0.05, 0) is 38.0 Å². The zero-order valence-electron chi connectivity index (χ0n) is 12.9. The third-order valence-corrected chi connectivity index (χ3v) is 3.84. The second-order valence-corrected chi connectivity index (χ2v) is 5.63. The number of anilines is 1. The summed E-state index contributed by atoms with van der Waals surface area (Å²) in [5.41, 5.74) is 10.4. The highest BCUT2D eigenvalue weighted by Crippen LogP contribution is 2.22. The van der Waals surface area contributed by atoms with Gasteiger partial charge in [0.25, 0.3) is 0 Å². The largest absolute Gasteiger partial charge is 0.374 e. The van der Waals surface area contributed by atoms with Crippen molar-refractivity contribution < 1.29 is 4.39 Å². The predicted octanol–water partition coefficient (Wildman–Crippen LogP) is 3.97. The number of nitrogens with two attached hydrogens (primary N) is 1. The summed E-state index contributed by atoms with van der Waals surface area (Å²) in [6.45, 7) is 4.99. The molecule has 0 radical (unpaired) electrons. The number of hydrogen-bond donors (Lipinski definition) is 1. The van der Waals surface area contributed by atoms with E-state index in [1.54, 1.807) is 12.1 Å². The van der Waals surface area contributed by atoms with E-state index in [0.29, 0.717) is 12.0 Å². The zero-order chi connectivity index (χ0) is 15.4. The summed E-state index contributed by atoms with van der Waals surface area (Å²) in [4.78, 5) is 2.18. The minimum Gasteiger partial charge on any atom is -0.374 e. The first-order valence-corrected chi connectivity index (χ1v) is 7.27. The van der Waals surface area contributed by atoms with Gasteiger partial charge < -0.3 is 10.6 Å². The van der Waals surface area contributed by atoms with Gasteiger partial charge in [-0.1, -0.05) is 35.9 Å². The normalized spacial score (nSPS) is 12.2. The van der Waals surface area contributed by atoms with E-state index < -0.39 is 0 Å². The Morgan fingerprint density at radius 3 is 2.52 bits per heavy atom. The molecule has 0 fully saturated rings. The van der Waals surface area contributed by atoms with E-state index in [1.165, 1.54) is 22.9 Å². The quantitative estimate of drug-likeness (QED) is 0.901. The SMILES string of the molecule is Cc1ccc(N(C)CCC(N)c2ccccc2F)c(C)c1. The number of nitrogens with zero attached hydrogens (tertiary/aromatic N) is 1. The molecule has 3 heteroatoms. The van der Waals surface area contributed by atoms with Gasteiger partial charge in [0.2, 0.25) is 0 Å². The van der Waals surface area contributed by atoms with Gasteiger partial charge >= 0.3 is 0 Å². The van der Waals surface area contributed by atoms with E-state index in [2.05, 4.69) is 36.9 Å². The van der Waals surface area contributed by atoms with Crippen LogP contribution < -0.4 is 10.6 Å². The molecule has 1 unspecified atom stereocenters. The fraction of sp³-hybridized carbons (Fsp3) is 0.333. The minimum atomic E-state index is -0.278. The lowest BCUT2D eigenvalue weighted by atomic mass is 10.0. The lowest BCUT2D eigenvalue weighted by Gasteiger charge is -2.23. The number of rotatable bonds is 5. The molecule has 0 bridgehead atoms. The van der Waals surface area contributed by atoms with Crippen LogP contribution in [0.3, 0.4) is 0 Å². The van der Waals surface area contributed by atoms with E-state index in [4.69, 9.17) is 5.73 Å². The summed E-state index contributed by atoms with van der Waals surface area (Å²) >= 11 is 0. The molecular weight excluding hydrogens is 263 g/mol. The number of hydrogen-bond acceptors (Lipinski definition) is 2. The summed E-state index contributed by atoms with van der Waals surface area (Å²) < 4.78 is 13.7. The van der Waals surface area contributed by atoms with Gasteiger partial charge in [0.1, 0.15) is 5.82 Å². The van der Waals surface area contributed by atoms with Gasteiger partial charge in [0, 0.05) is 30.9 Å². The zero-order valence-corrected chi connectivity index (χ0v) is 12.9. The molecule has 0 saturated carbocycles. The molecule has 1 atom stereocenters. The highest BCUT2D eigenvalue weighted by atomic mass is 19.1. The Hall–Kier alpha value is -1.87. The summed E-state index contributed by atoms with van der Waals surface area (Å²) in [7, 11) is 2.05. The first-order valence-electron chi connectivity index (χ1n) is 7.27. The lowest BCUT2D eigenvalue weighted by Crippen LogP contribution is -2.24. The van der Waals surface area contributed by atoms with Crippen LogP contribution in [0.1, 0.15) is 29.2 Å². The molecule has 0 spiro atoms. The number of aryl methyl sites for hydroxylation is 2. The van der Waals surface area contributed by atoms with E-state index in [1.807, 2.05) is 13.1 Å². The number of halogens is 1. The molecule has 2 N–H and O–H groups in total. The van der Waals surface area contributed by atoms with Crippen LogP contribution in [0.25, 0.3) is 0 Å². The Morgan fingerprint density at radius 1 is 1.14 bits per heavy atom. The molecular formula is C18H23FN2. The Bertz CT molecular complexity index is 610. The fourth-order valence-corrected chi connectivity index (χ4v) is 2.62. The topological polar surface area (TPSA) is 29.3 Å². The molecule has 21 heavy (non-hydrogen) atoms. The maximum absolute atomic E-state index is 13.7. The van der Waals surface area contributed by atoms with Crippen LogP contribution in [0.15, 0.2) is 42.5 Å². The highest BCUT2D eigenvalue weighted by molar-refractivity contribution is 5.53. The van der Waals surface area contributed by atoms with Crippen molar-refractivity contribution in [1.82, 2.24) is 0 Å². The van der Waals surface area contributed by atoms with Gasteiger partial charge in [0.05, 0.1) is 0 Å². The molecule has 0 aliphatic heterocycles. The van der Waals surface area contributed by atoms with Crippen molar-refractivity contribution in [2.75, 3.05) is 18.5 Å². The standard InChI is InChI=1S/C18H23FN2/c1-13-8-9-18(14(2)12-13)21(3)11-10-17(20)15-6-4-5-7-16(15)19/h4-9,12,17H,10-11,20H2,1-3H3. The van der Waals surface area contributed by atoms with Crippen LogP contribution in [0.4, 0.5) is 10.1 Å². The molecule has 2 nitrogen and oxygen atoms in total. The van der Waals surface area contributed by atoms with Crippen molar-refractivity contribution in [3.63, 3.8) is 0 Å². The van der Waals surface area contributed by atoms with Crippen molar-refractivity contribution in [2.24, 2.45) is 5.73 Å². The smallest absolute Gasteiger partial charge is 0.127 e. The van der Waals surface area contributed by atoms with Crippen LogP contribution in [-0.4, -0.2) is 13.6 Å². The molecule has 112 valence electrons. The van der Waals surface area contributed by atoms with Gasteiger partial charge in [0.15, 0.2) is 0 Å². The van der Waals surface area contributed by atoms with Crippen molar-refractivity contribution >= 4 is 5.69 Å². The second-order valence-electron chi connectivity index (χ2n) is 5.63. The van der Waals surface area contributed by atoms with E-state index >= 15 is 0 Å². The Labute approximate surface area is 126 Å². The maximum atomic E-state index is 13.7. The van der Waals surface area contributed by atoms with E-state index in [9.17, 15) is 4.39 Å². The highest BCUT2D eigenvalue weighted by Gasteiger charge is 2.12. The molecule has 0 amide bonds. The van der Waals surface area contributed by atoms with Crippen molar-refractivity contribution in [3.8, 4) is 0 Å². The first kappa shape index (κ1) is 15.5. The Balaban J connectivity index is 2.01. The van der Waals surface area contributed by atoms with Crippen LogP contribution in [0.5, 0.6) is 0 Å². The maximum Gasteiger partial charge on any atom is 0.127 e. The van der Waals surface area contributed by atoms with Crippen LogP contribution in [0, 0.1) is 19.7 Å². The molecule has 0 saturated heterocycles. The second kappa shape index (κ2) is 6.72. The molecule has 2 aromatic carbocycles. The molecule has 0 aliphatic carbocycles. The van der Waals surface area contributed by atoms with Crippen LogP contribution in [0.2, 0.25) is 0 Å². The average Bonchev–Trinajstić information content (AvgIpc) is 2.45. The van der Waals surface area contributed by atoms with Crippen molar-refractivity contribution in [2.45, 2.75) is 26.3 Å². The monoisotopic (exact) mass is 286 g/mol. The summed E-state index contributed by atoms with van der Waals surface area (Å²) in [5.74, 6) is -0.223. The fourth-order valence-electron chi connectivity index (χ4n) is 2.62. The molecule has 0 aromatic heterocycles. The van der Waals surface area contributed by atoms with Crippen LogP contribution in [-0.2, 0) is 0 Å². The van der Waals surface area contributed by atoms with Crippen molar-refractivity contribution in [3.05, 3.63) is 65.0 Å². The van der Waals surface area contributed by atoms with Gasteiger partial charge in [-0.2, -0.15) is 0 Å². The molecule has 2 rings (SSSR count). The molecule has 0 aliphatic rings. The minimum absolute atomic E-state index is 0.223. The van der Waals surface area contributed by atoms with E-state index in [-0.39, 0.29) is 11.9 Å². The first-order chi connectivity index (χ1) is 9.99. The summed E-state index contributed by atoms with van der Waals surface area (Å²) in [6.07, 6.45) is 0.713. The third-order valence-electron chi connectivity index (χ3n) is 3.84. The summed E-state index contributed by atoms with van der Waals surface area (Å²) in [6, 6.07) is 12.9. The van der Waals surface area contributed by atoms with Gasteiger partial charge in [-0.15, -0.1) is 0 Å². The predicted molar refractivity (Wildman–Crippen MR) is 87.1 cm³/mol. The van der Waals surface area contributed by atoms with Crippen molar-refractivity contribution in [1.29, 1.82) is 0 Å². The Kier molecular flexibility index (Phi) is 4.97. The number of benzene rings is 2. The lowest BCUT2D eigenvalue weighted by molar-refractivity contribution is 0.563. The van der Waals surface area contributed by atoms with Gasteiger partial charge in [-0.25, -0.2) is 4.39 Å².